The van der Waals surface area contributed by atoms with Crippen LogP contribution in [0.1, 0.15) is 5.56 Å². The molecular weight excluding hydrogens is 200 g/mol. The Morgan fingerprint density at radius 2 is 1.93 bits per heavy atom. The quantitative estimate of drug-likeness (QED) is 0.455. The minimum absolute atomic E-state index is 0.160. The lowest BCUT2D eigenvalue weighted by Crippen LogP contribution is -2.08. The summed E-state index contributed by atoms with van der Waals surface area (Å²) in [6.07, 6.45) is 1.18. The van der Waals surface area contributed by atoms with E-state index in [9.17, 15) is 8.42 Å². The molecule has 76 valence electrons. The van der Waals surface area contributed by atoms with Gasteiger partial charge in [-0.15, -0.1) is 0 Å². The average molecular weight is 212 g/mol. The minimum atomic E-state index is -3.27. The van der Waals surface area contributed by atoms with Crippen LogP contribution in [-0.2, 0) is 9.84 Å². The van der Waals surface area contributed by atoms with Crippen LogP contribution >= 0.6 is 0 Å². The lowest BCUT2D eigenvalue weighted by molar-refractivity contribution is 0.600. The van der Waals surface area contributed by atoms with Crippen molar-refractivity contribution in [3.8, 4) is 0 Å². The van der Waals surface area contributed by atoms with Gasteiger partial charge in [0.15, 0.2) is 9.84 Å². The summed E-state index contributed by atoms with van der Waals surface area (Å²) < 4.78 is 23.1. The summed E-state index contributed by atoms with van der Waals surface area (Å²) in [5.74, 6) is 4.68. The standard InChI is InChI=1S/C9H12N2O2S/c1-8-2-4-9(5-3-8)14(12,13)7-6-11-10/h2-6H,7,10H2,1H3. The van der Waals surface area contributed by atoms with Gasteiger partial charge in [0.1, 0.15) is 0 Å². The largest absolute Gasteiger partial charge is 0.324 e. The molecule has 0 aliphatic carbocycles. The lowest BCUT2D eigenvalue weighted by Gasteiger charge is -2.00. The molecule has 0 saturated carbocycles. The number of nitrogens with two attached hydrogens (primary N) is 1. The molecule has 0 heterocycles. The van der Waals surface area contributed by atoms with Gasteiger partial charge >= 0.3 is 0 Å². The summed E-state index contributed by atoms with van der Waals surface area (Å²) >= 11 is 0. The second-order valence-corrected chi connectivity index (χ2v) is 4.96. The molecule has 1 aromatic rings. The average Bonchev–Trinajstić information content (AvgIpc) is 2.16. The molecule has 0 unspecified atom stereocenters. The zero-order valence-electron chi connectivity index (χ0n) is 7.84. The van der Waals surface area contributed by atoms with Crippen molar-refractivity contribution in [2.45, 2.75) is 11.8 Å². The summed E-state index contributed by atoms with van der Waals surface area (Å²) in [5, 5.41) is 3.16. The second kappa shape index (κ2) is 4.23. The van der Waals surface area contributed by atoms with E-state index in [1.54, 1.807) is 24.3 Å². The van der Waals surface area contributed by atoms with Crippen molar-refractivity contribution in [3.63, 3.8) is 0 Å². The van der Waals surface area contributed by atoms with E-state index in [0.29, 0.717) is 4.90 Å². The summed E-state index contributed by atoms with van der Waals surface area (Å²) in [7, 11) is -3.27. The molecule has 4 nitrogen and oxygen atoms in total. The van der Waals surface area contributed by atoms with Gasteiger partial charge in [0.2, 0.25) is 0 Å². The first-order valence-corrected chi connectivity index (χ1v) is 5.72. The van der Waals surface area contributed by atoms with E-state index < -0.39 is 9.84 Å². The summed E-state index contributed by atoms with van der Waals surface area (Å²) in [5.41, 5.74) is 1.02. The Hall–Kier alpha value is -1.36. The van der Waals surface area contributed by atoms with Gasteiger partial charge in [-0.3, -0.25) is 0 Å². The molecule has 0 saturated heterocycles. The molecule has 0 atom stereocenters. The van der Waals surface area contributed by atoms with Crippen LogP contribution in [-0.4, -0.2) is 20.4 Å². The number of nitrogens with zero attached hydrogens (tertiary/aromatic N) is 1. The van der Waals surface area contributed by atoms with E-state index in [1.807, 2.05) is 6.92 Å². The Kier molecular flexibility index (Phi) is 3.24. The van der Waals surface area contributed by atoms with Gasteiger partial charge in [-0.25, -0.2) is 8.42 Å². The highest BCUT2D eigenvalue weighted by molar-refractivity contribution is 7.92. The molecule has 1 aromatic carbocycles. The third-order valence-corrected chi connectivity index (χ3v) is 3.36. The number of sulfone groups is 1. The third kappa shape index (κ3) is 2.56. The van der Waals surface area contributed by atoms with Gasteiger partial charge in [-0.05, 0) is 19.1 Å². The smallest absolute Gasteiger partial charge is 0.183 e. The Labute approximate surface area is 83.4 Å². The first kappa shape index (κ1) is 10.7. The molecule has 0 radical (unpaired) electrons. The zero-order chi connectivity index (χ0) is 10.6. The normalized spacial score (nSPS) is 12.1. The number of rotatable bonds is 3. The van der Waals surface area contributed by atoms with Crippen molar-refractivity contribution < 1.29 is 8.42 Å². The maximum Gasteiger partial charge on any atom is 0.183 e. The van der Waals surface area contributed by atoms with E-state index >= 15 is 0 Å². The van der Waals surface area contributed by atoms with Crippen molar-refractivity contribution in [2.75, 3.05) is 5.75 Å². The van der Waals surface area contributed by atoms with Crippen LogP contribution in [0.15, 0.2) is 34.3 Å². The van der Waals surface area contributed by atoms with Crippen LogP contribution in [0.4, 0.5) is 0 Å². The van der Waals surface area contributed by atoms with Crippen LogP contribution in [0.2, 0.25) is 0 Å². The topological polar surface area (TPSA) is 72.5 Å². The van der Waals surface area contributed by atoms with Crippen molar-refractivity contribution >= 4 is 16.1 Å². The van der Waals surface area contributed by atoms with E-state index in [-0.39, 0.29) is 5.75 Å². The molecule has 0 amide bonds. The molecule has 0 aliphatic rings. The Balaban J connectivity index is 2.99. The maximum absolute atomic E-state index is 11.6. The second-order valence-electron chi connectivity index (χ2n) is 2.93. The predicted octanol–water partition coefficient (Wildman–Crippen LogP) is 0.713. The van der Waals surface area contributed by atoms with Gasteiger partial charge < -0.3 is 5.84 Å². The number of benzene rings is 1. The van der Waals surface area contributed by atoms with Crippen LogP contribution in [0.25, 0.3) is 0 Å². The molecule has 0 spiro atoms. The number of aryl methyl sites for hydroxylation is 1. The predicted molar refractivity (Wildman–Crippen MR) is 55.9 cm³/mol. The number of hydrogen-bond donors (Lipinski definition) is 1. The lowest BCUT2D eigenvalue weighted by atomic mass is 10.2. The highest BCUT2D eigenvalue weighted by atomic mass is 32.2. The fraction of sp³-hybridized carbons (Fsp3) is 0.222. The molecule has 0 aliphatic heterocycles. The van der Waals surface area contributed by atoms with Crippen LogP contribution in [0, 0.1) is 6.92 Å². The molecule has 5 heteroatoms. The van der Waals surface area contributed by atoms with Crippen molar-refractivity contribution in [3.05, 3.63) is 29.8 Å². The van der Waals surface area contributed by atoms with E-state index in [2.05, 4.69) is 5.10 Å². The summed E-state index contributed by atoms with van der Waals surface area (Å²) in [6.45, 7) is 1.90. The van der Waals surface area contributed by atoms with Gasteiger partial charge in [0, 0.05) is 6.21 Å². The SMILES string of the molecule is Cc1ccc(S(=O)(=O)CC=NN)cc1. The summed E-state index contributed by atoms with van der Waals surface area (Å²) in [4.78, 5) is 0.294. The number of hydrogen-bond acceptors (Lipinski definition) is 4. The summed E-state index contributed by atoms with van der Waals surface area (Å²) in [6, 6.07) is 6.67. The molecule has 2 N–H and O–H groups in total. The molecule has 1 rings (SSSR count). The van der Waals surface area contributed by atoms with E-state index in [1.165, 1.54) is 6.21 Å². The van der Waals surface area contributed by atoms with Gasteiger partial charge in [-0.2, -0.15) is 5.10 Å². The minimum Gasteiger partial charge on any atom is -0.324 e. The van der Waals surface area contributed by atoms with Gasteiger partial charge in [-0.1, -0.05) is 17.7 Å². The first-order chi connectivity index (χ1) is 6.56. The molecule has 14 heavy (non-hydrogen) atoms. The van der Waals surface area contributed by atoms with Crippen LogP contribution < -0.4 is 5.84 Å². The zero-order valence-corrected chi connectivity index (χ0v) is 8.66. The van der Waals surface area contributed by atoms with E-state index in [4.69, 9.17) is 5.84 Å². The molecule has 0 aromatic heterocycles. The highest BCUT2D eigenvalue weighted by Gasteiger charge is 2.11. The molecule has 0 fully saturated rings. The van der Waals surface area contributed by atoms with Crippen molar-refractivity contribution in [1.82, 2.24) is 0 Å². The molecular formula is C9H12N2O2S. The molecule has 0 bridgehead atoms. The van der Waals surface area contributed by atoms with E-state index in [0.717, 1.165) is 5.56 Å². The van der Waals surface area contributed by atoms with Crippen molar-refractivity contribution in [1.29, 1.82) is 0 Å². The van der Waals surface area contributed by atoms with Gasteiger partial charge in [0.05, 0.1) is 10.6 Å². The first-order valence-electron chi connectivity index (χ1n) is 4.07. The van der Waals surface area contributed by atoms with Crippen molar-refractivity contribution in [2.24, 2.45) is 10.9 Å². The monoisotopic (exact) mass is 212 g/mol. The highest BCUT2D eigenvalue weighted by Crippen LogP contribution is 2.11. The van der Waals surface area contributed by atoms with Crippen LogP contribution in [0.5, 0.6) is 0 Å². The fourth-order valence-electron chi connectivity index (χ4n) is 0.983. The van der Waals surface area contributed by atoms with Crippen LogP contribution in [0.3, 0.4) is 0 Å². The Morgan fingerprint density at radius 3 is 2.43 bits per heavy atom. The maximum atomic E-state index is 11.6. The number of hydrazone groups is 1. The Morgan fingerprint density at radius 1 is 1.36 bits per heavy atom. The third-order valence-electron chi connectivity index (χ3n) is 1.78. The fourth-order valence-corrected chi connectivity index (χ4v) is 2.01. The van der Waals surface area contributed by atoms with Gasteiger partial charge in [0.25, 0.3) is 0 Å². The Bertz CT molecular complexity index is 421.